The van der Waals surface area contributed by atoms with E-state index in [1.54, 1.807) is 0 Å². The van der Waals surface area contributed by atoms with Crippen LogP contribution in [0.3, 0.4) is 0 Å². The van der Waals surface area contributed by atoms with Crippen molar-refractivity contribution in [2.75, 3.05) is 20.6 Å². The molecule has 218 valence electrons. The van der Waals surface area contributed by atoms with Crippen molar-refractivity contribution in [1.82, 2.24) is 9.80 Å². The number of likely N-dealkylation sites (N-methyl/N-ethyl adjacent to an activating group) is 1. The van der Waals surface area contributed by atoms with Crippen molar-refractivity contribution < 1.29 is 39.2 Å². The highest BCUT2D eigenvalue weighted by atomic mass is 19.1. The molecule has 1 fully saturated rings. The Kier molecular flexibility index (Phi) is 7.40. The molecule has 6 N–H and O–H groups in total. The number of nitrogens with zero attached hydrogens (tertiary/aromatic N) is 2. The molecule has 0 radical (unpaired) electrons. The molecule has 0 heterocycles. The van der Waals surface area contributed by atoms with Crippen LogP contribution in [-0.4, -0.2) is 85.5 Å². The summed E-state index contributed by atoms with van der Waals surface area (Å²) in [6, 6.07) is 0.0328. The number of benzene rings is 1. The Morgan fingerprint density at radius 2 is 1.82 bits per heavy atom. The highest BCUT2D eigenvalue weighted by Crippen LogP contribution is 2.53. The number of primary amides is 1. The second kappa shape index (κ2) is 9.97. The number of aliphatic hydroxyl groups is 3. The molecule has 40 heavy (non-hydrogen) atoms. The van der Waals surface area contributed by atoms with Crippen molar-refractivity contribution in [1.29, 1.82) is 0 Å². The standard InChI is InChI=1S/C29H38FN3O7/c1-7-28(3,4)33(8-2)12-14-11-17(34)19-15(21(14)30)9-13-10-16-22(32(5)6)24(36)20(27(31)39)26(38)29(16,40)25(37)18(13)23(19)35/h11,13,16,22,34-35,38,40H,7-10,12H2,1-6H3,(H2,31,39)/t13-,16-,22-,29-/m0/s1. The number of carbonyl (C=O) groups is 3. The molecule has 0 saturated heterocycles. The van der Waals surface area contributed by atoms with Gasteiger partial charge >= 0.3 is 0 Å². The van der Waals surface area contributed by atoms with Crippen LogP contribution in [0.2, 0.25) is 0 Å². The van der Waals surface area contributed by atoms with Gasteiger partial charge in [0, 0.05) is 34.7 Å². The summed E-state index contributed by atoms with van der Waals surface area (Å²) >= 11 is 0. The van der Waals surface area contributed by atoms with Gasteiger partial charge in [-0.05, 0) is 65.7 Å². The largest absolute Gasteiger partial charge is 0.508 e. The van der Waals surface area contributed by atoms with Crippen LogP contribution in [0.1, 0.15) is 57.2 Å². The summed E-state index contributed by atoms with van der Waals surface area (Å²) in [5, 5.41) is 44.7. The number of amides is 1. The first-order chi connectivity index (χ1) is 18.5. The van der Waals surface area contributed by atoms with E-state index in [1.807, 2.05) is 27.7 Å². The molecule has 0 unspecified atom stereocenters. The van der Waals surface area contributed by atoms with Crippen LogP contribution >= 0.6 is 0 Å². The average Bonchev–Trinajstić information content (AvgIpc) is 2.86. The summed E-state index contributed by atoms with van der Waals surface area (Å²) in [4.78, 5) is 42.6. The van der Waals surface area contributed by atoms with Crippen molar-refractivity contribution in [3.05, 3.63) is 45.5 Å². The molecule has 1 aromatic rings. The third kappa shape index (κ3) is 4.13. The maximum Gasteiger partial charge on any atom is 0.255 e. The number of carbonyl (C=O) groups excluding carboxylic acids is 3. The number of ketones is 2. The minimum absolute atomic E-state index is 0.0333. The van der Waals surface area contributed by atoms with Gasteiger partial charge in [0.05, 0.1) is 11.6 Å². The fourth-order valence-corrected chi connectivity index (χ4v) is 6.65. The summed E-state index contributed by atoms with van der Waals surface area (Å²) in [5.74, 6) is -8.22. The van der Waals surface area contributed by atoms with Crippen molar-refractivity contribution in [3.8, 4) is 5.75 Å². The van der Waals surface area contributed by atoms with E-state index >= 15 is 4.39 Å². The molecule has 1 amide bonds. The molecule has 1 saturated carbocycles. The number of hydrogen-bond donors (Lipinski definition) is 5. The highest BCUT2D eigenvalue weighted by molar-refractivity contribution is 6.24. The normalized spacial score (nSPS) is 26.8. The van der Waals surface area contributed by atoms with E-state index in [9.17, 15) is 34.8 Å². The van der Waals surface area contributed by atoms with Crippen molar-refractivity contribution in [2.24, 2.45) is 17.6 Å². The number of hydrogen-bond acceptors (Lipinski definition) is 9. The zero-order valence-electron chi connectivity index (χ0n) is 23.7. The Balaban J connectivity index is 1.89. The topological polar surface area (TPSA) is 165 Å². The third-order valence-electron chi connectivity index (χ3n) is 9.19. The maximum absolute atomic E-state index is 16.1. The van der Waals surface area contributed by atoms with E-state index < -0.39 is 69.6 Å². The molecule has 1 aromatic carbocycles. The number of halogens is 1. The molecular weight excluding hydrogens is 521 g/mol. The Bertz CT molecular complexity index is 1370. The van der Waals surface area contributed by atoms with E-state index in [-0.39, 0.29) is 47.2 Å². The number of nitrogens with two attached hydrogens (primary N) is 1. The summed E-state index contributed by atoms with van der Waals surface area (Å²) in [5.41, 5.74) is 1.19. The lowest BCUT2D eigenvalue weighted by atomic mass is 9.57. The van der Waals surface area contributed by atoms with Crippen LogP contribution in [0.4, 0.5) is 4.39 Å². The van der Waals surface area contributed by atoms with Gasteiger partial charge in [-0.25, -0.2) is 4.39 Å². The monoisotopic (exact) mass is 559 g/mol. The molecular formula is C29H38FN3O7. The lowest BCUT2D eigenvalue weighted by Crippen LogP contribution is -2.65. The minimum atomic E-state index is -2.73. The molecule has 4 rings (SSSR count). The quantitative estimate of drug-likeness (QED) is 0.315. The second-order valence-electron chi connectivity index (χ2n) is 11.9. The first kappa shape index (κ1) is 29.7. The molecule has 0 aliphatic heterocycles. The van der Waals surface area contributed by atoms with Crippen LogP contribution in [0.15, 0.2) is 23.0 Å². The lowest BCUT2D eigenvalue weighted by molar-refractivity contribution is -0.153. The smallest absolute Gasteiger partial charge is 0.255 e. The number of aliphatic hydroxyl groups excluding tert-OH is 2. The van der Waals surface area contributed by atoms with Gasteiger partial charge in [0.15, 0.2) is 11.4 Å². The van der Waals surface area contributed by atoms with Crippen molar-refractivity contribution in [3.63, 3.8) is 0 Å². The predicted molar refractivity (Wildman–Crippen MR) is 145 cm³/mol. The zero-order valence-corrected chi connectivity index (χ0v) is 23.7. The Morgan fingerprint density at radius 1 is 1.20 bits per heavy atom. The molecule has 3 aliphatic carbocycles. The summed E-state index contributed by atoms with van der Waals surface area (Å²) in [6.45, 7) is 8.92. The number of phenolic OH excluding ortho intramolecular Hbond substituents is 1. The van der Waals surface area contributed by atoms with Gasteiger partial charge in [-0.1, -0.05) is 13.8 Å². The van der Waals surface area contributed by atoms with Crippen LogP contribution in [0.25, 0.3) is 5.76 Å². The first-order valence-electron chi connectivity index (χ1n) is 13.5. The van der Waals surface area contributed by atoms with Gasteiger partial charge in [-0.2, -0.15) is 0 Å². The van der Waals surface area contributed by atoms with Crippen LogP contribution in [0, 0.1) is 17.7 Å². The third-order valence-corrected chi connectivity index (χ3v) is 9.19. The van der Waals surface area contributed by atoms with Crippen LogP contribution in [0.5, 0.6) is 5.75 Å². The van der Waals surface area contributed by atoms with E-state index in [1.165, 1.54) is 25.1 Å². The molecule has 0 aromatic heterocycles. The molecule has 3 aliphatic rings. The lowest BCUT2D eigenvalue weighted by Gasteiger charge is -2.50. The van der Waals surface area contributed by atoms with Crippen molar-refractivity contribution in [2.45, 2.75) is 70.7 Å². The van der Waals surface area contributed by atoms with Crippen LogP contribution in [-0.2, 0) is 27.3 Å². The molecule has 10 nitrogen and oxygen atoms in total. The fourth-order valence-electron chi connectivity index (χ4n) is 6.65. The van der Waals surface area contributed by atoms with Gasteiger partial charge in [0.25, 0.3) is 5.91 Å². The molecule has 4 atom stereocenters. The van der Waals surface area contributed by atoms with Crippen molar-refractivity contribution >= 4 is 23.2 Å². The number of fused-ring (bicyclic) bond motifs is 3. The fraction of sp³-hybridized carbons (Fsp3) is 0.552. The molecule has 11 heteroatoms. The first-order valence-corrected chi connectivity index (χ1v) is 13.5. The summed E-state index contributed by atoms with van der Waals surface area (Å²) in [6.07, 6.45) is 0.622. The highest BCUT2D eigenvalue weighted by Gasteiger charge is 2.64. The van der Waals surface area contributed by atoms with E-state index in [0.29, 0.717) is 6.54 Å². The Hall–Kier alpha value is -3.28. The van der Waals surface area contributed by atoms with Gasteiger partial charge in [-0.15, -0.1) is 0 Å². The number of rotatable bonds is 7. The number of Topliss-reactive ketones (excluding diaryl/α,β-unsaturated/α-hetero) is 2. The van der Waals surface area contributed by atoms with Crippen LogP contribution < -0.4 is 5.73 Å². The van der Waals surface area contributed by atoms with Gasteiger partial charge in [0.2, 0.25) is 5.78 Å². The van der Waals surface area contributed by atoms with E-state index in [2.05, 4.69) is 4.90 Å². The van der Waals surface area contributed by atoms with Gasteiger partial charge < -0.3 is 26.2 Å². The number of aromatic hydroxyl groups is 1. The molecule has 0 spiro atoms. The second-order valence-corrected chi connectivity index (χ2v) is 11.9. The average molecular weight is 560 g/mol. The summed E-state index contributed by atoms with van der Waals surface area (Å²) in [7, 11) is 3.05. The SMILES string of the molecule is CCN(Cc1cc(O)c2c(c1F)C[C@H]1C[C@H]3[C@H](N(C)C)C(=O)C(C(N)=O)=C(O)[C@@]3(O)C(=O)C1=C2O)C(C)(C)CC. The van der Waals surface area contributed by atoms with E-state index in [4.69, 9.17) is 5.73 Å². The van der Waals surface area contributed by atoms with E-state index in [0.717, 1.165) is 6.42 Å². The van der Waals surface area contributed by atoms with Gasteiger partial charge in [0.1, 0.15) is 28.7 Å². The predicted octanol–water partition coefficient (Wildman–Crippen LogP) is 2.11. The van der Waals surface area contributed by atoms with Gasteiger partial charge in [-0.3, -0.25) is 24.2 Å². The minimum Gasteiger partial charge on any atom is -0.508 e. The summed E-state index contributed by atoms with van der Waals surface area (Å²) < 4.78 is 16.1. The maximum atomic E-state index is 16.1. The Labute approximate surface area is 232 Å². The number of phenols is 1. The zero-order chi connectivity index (χ0) is 30.1. The Morgan fingerprint density at radius 3 is 2.35 bits per heavy atom. The molecule has 0 bridgehead atoms.